The van der Waals surface area contributed by atoms with Crippen LogP contribution in [0.25, 0.3) is 0 Å². The van der Waals surface area contributed by atoms with Crippen molar-refractivity contribution in [3.8, 4) is 0 Å². The SMILES string of the molecule is [Se].c1csnn1. The Morgan fingerprint density at radius 1 is 1.50 bits per heavy atom. The van der Waals surface area contributed by atoms with E-state index in [-0.39, 0.29) is 17.1 Å². The third-order valence-corrected chi connectivity index (χ3v) is 0.715. The summed E-state index contributed by atoms with van der Waals surface area (Å²) in [5.41, 5.74) is 0. The van der Waals surface area contributed by atoms with Gasteiger partial charge in [-0.15, -0.1) is 5.10 Å². The van der Waals surface area contributed by atoms with E-state index in [2.05, 4.69) is 9.59 Å². The van der Waals surface area contributed by atoms with Gasteiger partial charge in [-0.2, -0.15) is 0 Å². The molecule has 0 saturated heterocycles. The van der Waals surface area contributed by atoms with E-state index in [1.54, 1.807) is 6.20 Å². The average molecular weight is 165 g/mol. The molecule has 1 aromatic heterocycles. The number of hydrogen-bond donors (Lipinski definition) is 0. The van der Waals surface area contributed by atoms with Gasteiger partial charge in [0.15, 0.2) is 0 Å². The molecule has 6 heavy (non-hydrogen) atoms. The largest absolute Gasteiger partial charge is 0.147 e. The zero-order chi connectivity index (χ0) is 3.54. The first kappa shape index (κ1) is 6.08. The van der Waals surface area contributed by atoms with Gasteiger partial charge in [0.2, 0.25) is 0 Å². The quantitative estimate of drug-likeness (QED) is 0.511. The van der Waals surface area contributed by atoms with Gasteiger partial charge in [0.05, 0.1) is 6.20 Å². The van der Waals surface area contributed by atoms with Crippen LogP contribution in [0.15, 0.2) is 11.6 Å². The molecule has 0 atom stereocenters. The second kappa shape index (κ2) is 3.28. The van der Waals surface area contributed by atoms with Crippen LogP contribution < -0.4 is 0 Å². The van der Waals surface area contributed by atoms with Crippen molar-refractivity contribution in [2.75, 3.05) is 0 Å². The van der Waals surface area contributed by atoms with Gasteiger partial charge < -0.3 is 0 Å². The average Bonchev–Trinajstić information content (AvgIpc) is 1.76. The Balaban J connectivity index is 0.000000250. The van der Waals surface area contributed by atoms with E-state index in [1.807, 2.05) is 5.38 Å². The summed E-state index contributed by atoms with van der Waals surface area (Å²) >= 11 is 1.35. The number of hydrogen-bond acceptors (Lipinski definition) is 3. The fourth-order valence-electron chi connectivity index (χ4n) is 0.136. The molecule has 0 bridgehead atoms. The van der Waals surface area contributed by atoms with E-state index >= 15 is 0 Å². The summed E-state index contributed by atoms with van der Waals surface area (Å²) in [7, 11) is 0. The molecule has 32 valence electrons. The molecule has 2 nitrogen and oxygen atoms in total. The molecule has 0 spiro atoms. The fourth-order valence-corrected chi connectivity index (χ4v) is 0.408. The van der Waals surface area contributed by atoms with Gasteiger partial charge in [-0.1, -0.05) is 4.49 Å². The first-order valence-corrected chi connectivity index (χ1v) is 2.05. The van der Waals surface area contributed by atoms with Crippen LogP contribution in [0.3, 0.4) is 0 Å². The predicted octanol–water partition coefficient (Wildman–Crippen LogP) is 0.157. The van der Waals surface area contributed by atoms with Crippen LogP contribution in [0, 0.1) is 0 Å². The predicted molar refractivity (Wildman–Crippen MR) is 25.7 cm³/mol. The van der Waals surface area contributed by atoms with Crippen molar-refractivity contribution in [3.05, 3.63) is 11.6 Å². The molecule has 2 radical (unpaired) electrons. The van der Waals surface area contributed by atoms with E-state index in [0.29, 0.717) is 0 Å². The minimum Gasteiger partial charge on any atom is -0.147 e. The van der Waals surface area contributed by atoms with Crippen molar-refractivity contribution < 1.29 is 0 Å². The van der Waals surface area contributed by atoms with Crippen LogP contribution in [-0.2, 0) is 0 Å². The summed E-state index contributed by atoms with van der Waals surface area (Å²) in [6.07, 6.45) is 1.66. The molecule has 4 heteroatoms. The molecule has 0 aliphatic heterocycles. The summed E-state index contributed by atoms with van der Waals surface area (Å²) in [4.78, 5) is 0. The summed E-state index contributed by atoms with van der Waals surface area (Å²) in [5, 5.41) is 5.31. The molecule has 0 aliphatic rings. The van der Waals surface area contributed by atoms with Gasteiger partial charge >= 0.3 is 0 Å². The summed E-state index contributed by atoms with van der Waals surface area (Å²) in [6.45, 7) is 0. The minimum atomic E-state index is 0. The number of aromatic nitrogens is 2. The maximum atomic E-state index is 3.51. The van der Waals surface area contributed by atoms with Crippen LogP contribution in [0.2, 0.25) is 0 Å². The second-order valence-corrected chi connectivity index (χ2v) is 1.23. The van der Waals surface area contributed by atoms with Crippen LogP contribution in [0.4, 0.5) is 0 Å². The van der Waals surface area contributed by atoms with Crippen molar-refractivity contribution >= 4 is 28.6 Å². The van der Waals surface area contributed by atoms with Gasteiger partial charge in [0, 0.05) is 22.4 Å². The number of rotatable bonds is 0. The van der Waals surface area contributed by atoms with Crippen molar-refractivity contribution in [1.82, 2.24) is 9.59 Å². The zero-order valence-corrected chi connectivity index (χ0v) is 5.40. The van der Waals surface area contributed by atoms with E-state index in [4.69, 9.17) is 0 Å². The Hall–Kier alpha value is 0.0795. The molecule has 0 fully saturated rings. The molecule has 1 rings (SSSR count). The monoisotopic (exact) mass is 166 g/mol. The first-order chi connectivity index (χ1) is 2.50. The normalized spacial score (nSPS) is 6.67. The number of nitrogens with zero attached hydrogens (tertiary/aromatic N) is 2. The van der Waals surface area contributed by atoms with Crippen LogP contribution >= 0.6 is 11.5 Å². The molecule has 0 saturated carbocycles. The van der Waals surface area contributed by atoms with Gasteiger partial charge in [0.25, 0.3) is 0 Å². The molecular weight excluding hydrogens is 163 g/mol. The molecule has 0 amide bonds. The van der Waals surface area contributed by atoms with Gasteiger partial charge in [-0.3, -0.25) is 0 Å². The van der Waals surface area contributed by atoms with E-state index < -0.39 is 0 Å². The molecule has 0 aromatic carbocycles. The summed E-state index contributed by atoms with van der Waals surface area (Å²) < 4.78 is 3.51. The Morgan fingerprint density at radius 3 is 2.50 bits per heavy atom. The van der Waals surface area contributed by atoms with Crippen molar-refractivity contribution in [1.29, 1.82) is 0 Å². The van der Waals surface area contributed by atoms with Crippen LogP contribution in [0.5, 0.6) is 0 Å². The van der Waals surface area contributed by atoms with Crippen LogP contribution in [0.1, 0.15) is 0 Å². The van der Waals surface area contributed by atoms with Crippen molar-refractivity contribution in [2.24, 2.45) is 0 Å². The van der Waals surface area contributed by atoms with Gasteiger partial charge in [-0.05, 0) is 11.5 Å². The van der Waals surface area contributed by atoms with Crippen LogP contribution in [-0.4, -0.2) is 26.7 Å². The molecule has 0 N–H and O–H groups in total. The van der Waals surface area contributed by atoms with E-state index in [9.17, 15) is 0 Å². The third kappa shape index (κ3) is 1.50. The molecule has 1 aromatic rings. The van der Waals surface area contributed by atoms with Gasteiger partial charge in [0.1, 0.15) is 0 Å². The van der Waals surface area contributed by atoms with Crippen molar-refractivity contribution in [2.45, 2.75) is 0 Å². The van der Waals surface area contributed by atoms with Gasteiger partial charge in [-0.25, -0.2) is 0 Å². The third-order valence-electron chi connectivity index (χ3n) is 0.283. The van der Waals surface area contributed by atoms with Crippen molar-refractivity contribution in [3.63, 3.8) is 0 Å². The molecule has 0 aliphatic carbocycles. The summed E-state index contributed by atoms with van der Waals surface area (Å²) in [6, 6.07) is 0. The minimum absolute atomic E-state index is 0. The Bertz CT molecular complexity index is 68.0. The Kier molecular flexibility index (Phi) is 3.32. The Morgan fingerprint density at radius 2 is 2.33 bits per heavy atom. The summed E-state index contributed by atoms with van der Waals surface area (Å²) in [5.74, 6) is 0. The topological polar surface area (TPSA) is 25.8 Å². The molecular formula is C2H2N2SSe. The van der Waals surface area contributed by atoms with E-state index in [0.717, 1.165) is 0 Å². The standard InChI is InChI=1S/C2H2N2S.Se/c1-2-5-4-3-1;/h1-2H;. The maximum absolute atomic E-state index is 3.51. The Labute approximate surface area is 50.2 Å². The zero-order valence-electron chi connectivity index (χ0n) is 2.87. The van der Waals surface area contributed by atoms with E-state index in [1.165, 1.54) is 11.5 Å². The molecule has 0 unspecified atom stereocenters. The second-order valence-electron chi connectivity index (χ2n) is 0.588. The maximum Gasteiger partial charge on any atom is 0.0620 e. The smallest absolute Gasteiger partial charge is 0.0620 e. The first-order valence-electron chi connectivity index (χ1n) is 1.21. The molecule has 1 heterocycles. The fraction of sp³-hybridized carbons (Fsp3) is 0.